The van der Waals surface area contributed by atoms with Gasteiger partial charge < -0.3 is 14.2 Å². The summed E-state index contributed by atoms with van der Waals surface area (Å²) in [4.78, 5) is 37.8. The molecule has 6 nitrogen and oxygen atoms in total. The van der Waals surface area contributed by atoms with Gasteiger partial charge in [0.2, 0.25) is 0 Å². The lowest BCUT2D eigenvalue weighted by molar-refractivity contribution is -0.167. The fraction of sp³-hybridized carbons (Fsp3) is 0.528. The molecule has 0 aliphatic carbocycles. The average Bonchev–Trinajstić information content (AvgIpc) is 3.23. The lowest BCUT2D eigenvalue weighted by Crippen LogP contribution is -2.30. The Morgan fingerprint density at radius 1 is 0.356 bits per heavy atom. The lowest BCUT2D eigenvalue weighted by Gasteiger charge is -2.18. The maximum atomic E-state index is 12.7. The quantitative estimate of drug-likeness (QED) is 0.0203. The fourth-order valence-corrected chi connectivity index (χ4v) is 5.44. The first-order valence-electron chi connectivity index (χ1n) is 22.8. The highest BCUT2D eigenvalue weighted by molar-refractivity contribution is 5.71. The molecule has 0 radical (unpaired) electrons. The predicted octanol–water partition coefficient (Wildman–Crippen LogP) is 14.7. The SMILES string of the molecule is CC\C=C/C=C\C=C/C=C\C=C/CCCC(=O)OC(COC(=O)CCCCC/C=C\C/C=C\C/C=C\C/C=C\CC)COC(=O)CCCCCCC/C=C\C/C=C\CC. The van der Waals surface area contributed by atoms with Crippen molar-refractivity contribution in [3.05, 3.63) is 134 Å². The third-order valence-electron chi connectivity index (χ3n) is 8.76. The summed E-state index contributed by atoms with van der Waals surface area (Å²) in [6.45, 7) is 6.12. The minimum absolute atomic E-state index is 0.130. The molecule has 0 rings (SSSR count). The van der Waals surface area contributed by atoms with Crippen LogP contribution in [0.15, 0.2) is 134 Å². The number of allylic oxidation sites excluding steroid dienone is 22. The van der Waals surface area contributed by atoms with Crippen molar-refractivity contribution in [1.82, 2.24) is 0 Å². The number of rotatable bonds is 38. The van der Waals surface area contributed by atoms with Crippen molar-refractivity contribution in [2.75, 3.05) is 13.2 Å². The van der Waals surface area contributed by atoms with Gasteiger partial charge in [-0.1, -0.05) is 180 Å². The maximum absolute atomic E-state index is 12.7. The van der Waals surface area contributed by atoms with Crippen LogP contribution in [0.5, 0.6) is 0 Å². The topological polar surface area (TPSA) is 78.9 Å². The molecule has 1 unspecified atom stereocenters. The Balaban J connectivity index is 4.60. The number of unbranched alkanes of at least 4 members (excludes halogenated alkanes) is 9. The molecule has 0 saturated heterocycles. The van der Waals surface area contributed by atoms with Crippen LogP contribution < -0.4 is 0 Å². The molecule has 0 heterocycles. The molecule has 0 saturated carbocycles. The second-order valence-corrected chi connectivity index (χ2v) is 14.3. The molecule has 0 aliphatic heterocycles. The van der Waals surface area contributed by atoms with Crippen LogP contribution in [0.25, 0.3) is 0 Å². The number of esters is 3. The summed E-state index contributed by atoms with van der Waals surface area (Å²) in [6.07, 6.45) is 64.4. The largest absolute Gasteiger partial charge is 0.462 e. The third kappa shape index (κ3) is 44.5. The van der Waals surface area contributed by atoms with Crippen molar-refractivity contribution in [3.8, 4) is 0 Å². The highest BCUT2D eigenvalue weighted by Gasteiger charge is 2.19. The van der Waals surface area contributed by atoms with Gasteiger partial charge in [0.1, 0.15) is 13.2 Å². The number of hydrogen-bond acceptors (Lipinski definition) is 6. The van der Waals surface area contributed by atoms with Gasteiger partial charge in [0.25, 0.3) is 0 Å². The Morgan fingerprint density at radius 2 is 0.712 bits per heavy atom. The molecule has 0 spiro atoms. The first kappa shape index (κ1) is 54.6. The van der Waals surface area contributed by atoms with Gasteiger partial charge in [-0.2, -0.15) is 0 Å². The van der Waals surface area contributed by atoms with Crippen LogP contribution in [0.3, 0.4) is 0 Å². The summed E-state index contributed by atoms with van der Waals surface area (Å²) in [5, 5.41) is 0. The minimum Gasteiger partial charge on any atom is -0.462 e. The molecule has 0 bridgehead atoms. The van der Waals surface area contributed by atoms with E-state index in [1.165, 1.54) is 0 Å². The summed E-state index contributed by atoms with van der Waals surface area (Å²) in [5.74, 6) is -1.07. The highest BCUT2D eigenvalue weighted by atomic mass is 16.6. The van der Waals surface area contributed by atoms with E-state index in [-0.39, 0.29) is 31.6 Å². The van der Waals surface area contributed by atoms with Gasteiger partial charge in [-0.25, -0.2) is 0 Å². The number of carbonyl (C=O) groups is 3. The van der Waals surface area contributed by atoms with Crippen LogP contribution in [0.2, 0.25) is 0 Å². The van der Waals surface area contributed by atoms with Crippen molar-refractivity contribution >= 4 is 17.9 Å². The Labute approximate surface area is 360 Å². The molecule has 0 aromatic rings. The van der Waals surface area contributed by atoms with E-state index >= 15 is 0 Å². The molecule has 328 valence electrons. The van der Waals surface area contributed by atoms with E-state index in [1.54, 1.807) is 0 Å². The van der Waals surface area contributed by atoms with Crippen molar-refractivity contribution in [1.29, 1.82) is 0 Å². The van der Waals surface area contributed by atoms with Crippen LogP contribution in [-0.4, -0.2) is 37.2 Å². The summed E-state index contributed by atoms with van der Waals surface area (Å²) < 4.78 is 16.6. The van der Waals surface area contributed by atoms with Crippen molar-refractivity contribution in [3.63, 3.8) is 0 Å². The third-order valence-corrected chi connectivity index (χ3v) is 8.76. The second-order valence-electron chi connectivity index (χ2n) is 14.3. The molecule has 0 fully saturated rings. The molecular weight excluding hydrogens is 733 g/mol. The Morgan fingerprint density at radius 3 is 1.20 bits per heavy atom. The van der Waals surface area contributed by atoms with E-state index in [9.17, 15) is 14.4 Å². The molecule has 1 atom stereocenters. The molecular formula is C53H80O6. The van der Waals surface area contributed by atoms with Gasteiger partial charge in [0, 0.05) is 19.3 Å². The van der Waals surface area contributed by atoms with Gasteiger partial charge in [-0.05, 0) is 96.3 Å². The second kappa shape index (κ2) is 46.2. The molecule has 0 amide bonds. The minimum atomic E-state index is -0.837. The highest BCUT2D eigenvalue weighted by Crippen LogP contribution is 2.11. The van der Waals surface area contributed by atoms with Gasteiger partial charge in [0.15, 0.2) is 6.10 Å². The molecule has 59 heavy (non-hydrogen) atoms. The standard InChI is InChI=1S/C53H80O6/c1-4-7-10-13-16-19-22-25-26-27-29-31-34-37-40-43-46-52(55)58-49-50(48-57-51(54)45-42-39-36-33-30-24-21-18-15-12-9-6-3)59-53(56)47-44-41-38-35-32-28-23-20-17-14-11-8-5-2/h7-12,14,16-21,23,25-26,28-29,31-32,35,38,50H,4-6,13,15,22,24,27,30,33-34,36-37,39-49H2,1-3H3/b10-7-,11-8-,12-9-,17-14-,19-16-,21-18-,23-20-,26-25-,31-29-,32-28-,38-35-. The molecule has 0 aromatic heterocycles. The van der Waals surface area contributed by atoms with Crippen LogP contribution in [0.4, 0.5) is 0 Å². The van der Waals surface area contributed by atoms with Crippen LogP contribution >= 0.6 is 0 Å². The zero-order valence-corrected chi connectivity index (χ0v) is 37.2. The molecule has 0 N–H and O–H groups in total. The van der Waals surface area contributed by atoms with Crippen molar-refractivity contribution in [2.45, 2.75) is 168 Å². The number of ether oxygens (including phenoxy) is 3. The lowest BCUT2D eigenvalue weighted by atomic mass is 10.1. The first-order valence-corrected chi connectivity index (χ1v) is 22.8. The summed E-state index contributed by atoms with van der Waals surface area (Å²) in [6, 6.07) is 0. The first-order chi connectivity index (χ1) is 29.0. The molecule has 0 aromatic carbocycles. The van der Waals surface area contributed by atoms with E-state index in [2.05, 4.69) is 99.8 Å². The number of carbonyl (C=O) groups excluding carboxylic acids is 3. The zero-order valence-electron chi connectivity index (χ0n) is 37.2. The van der Waals surface area contributed by atoms with Crippen LogP contribution in [0, 0.1) is 0 Å². The summed E-state index contributed by atoms with van der Waals surface area (Å²) >= 11 is 0. The Kier molecular flexibility index (Phi) is 42.8. The summed E-state index contributed by atoms with van der Waals surface area (Å²) in [7, 11) is 0. The van der Waals surface area contributed by atoms with E-state index in [1.807, 2.05) is 54.7 Å². The summed E-state index contributed by atoms with van der Waals surface area (Å²) in [5.41, 5.74) is 0. The normalized spacial score (nSPS) is 13.3. The smallest absolute Gasteiger partial charge is 0.306 e. The molecule has 0 aliphatic rings. The average molecular weight is 813 g/mol. The Hall–Kier alpha value is -4.45. The maximum Gasteiger partial charge on any atom is 0.306 e. The van der Waals surface area contributed by atoms with Gasteiger partial charge in [-0.15, -0.1) is 0 Å². The monoisotopic (exact) mass is 813 g/mol. The van der Waals surface area contributed by atoms with Crippen LogP contribution in [-0.2, 0) is 28.6 Å². The van der Waals surface area contributed by atoms with E-state index in [0.717, 1.165) is 116 Å². The van der Waals surface area contributed by atoms with Gasteiger partial charge in [0.05, 0.1) is 0 Å². The van der Waals surface area contributed by atoms with Crippen molar-refractivity contribution < 1.29 is 28.6 Å². The van der Waals surface area contributed by atoms with Crippen LogP contribution in [0.1, 0.15) is 162 Å². The van der Waals surface area contributed by atoms with E-state index in [0.29, 0.717) is 19.3 Å². The number of hydrogen-bond donors (Lipinski definition) is 0. The van der Waals surface area contributed by atoms with Gasteiger partial charge in [-0.3, -0.25) is 14.4 Å². The Bertz CT molecular complexity index is 1350. The van der Waals surface area contributed by atoms with Crippen molar-refractivity contribution in [2.24, 2.45) is 0 Å². The zero-order chi connectivity index (χ0) is 43.0. The predicted molar refractivity (Wildman–Crippen MR) is 251 cm³/mol. The van der Waals surface area contributed by atoms with E-state index in [4.69, 9.17) is 14.2 Å². The molecule has 6 heteroatoms. The van der Waals surface area contributed by atoms with E-state index < -0.39 is 12.1 Å². The fourth-order valence-electron chi connectivity index (χ4n) is 5.44. The van der Waals surface area contributed by atoms with Gasteiger partial charge >= 0.3 is 17.9 Å².